The van der Waals surface area contributed by atoms with Gasteiger partial charge in [-0.05, 0) is 57.2 Å². The minimum atomic E-state index is 0.119. The molecular weight excluding hydrogens is 288 g/mol. The molecule has 5 heteroatoms. The Labute approximate surface area is 107 Å². The number of hydrogen-bond acceptors (Lipinski definition) is 4. The third-order valence-corrected chi connectivity index (χ3v) is 3.90. The van der Waals surface area contributed by atoms with Crippen LogP contribution in [-0.4, -0.2) is 0 Å². The maximum atomic E-state index is 5.56. The van der Waals surface area contributed by atoms with Crippen molar-refractivity contribution in [1.82, 2.24) is 5.43 Å². The molecule has 16 heavy (non-hydrogen) atoms. The van der Waals surface area contributed by atoms with Gasteiger partial charge in [-0.2, -0.15) is 11.3 Å². The third kappa shape index (κ3) is 2.74. The summed E-state index contributed by atoms with van der Waals surface area (Å²) in [6.45, 7) is 0. The van der Waals surface area contributed by atoms with Gasteiger partial charge < -0.3 is 4.42 Å². The minimum absolute atomic E-state index is 0.119. The molecule has 86 valence electrons. The number of nitrogens with two attached hydrogens (primary N) is 1. The first kappa shape index (κ1) is 11.9. The molecule has 1 unspecified atom stereocenters. The fourth-order valence-corrected chi connectivity index (χ4v) is 2.85. The van der Waals surface area contributed by atoms with Crippen molar-refractivity contribution >= 4 is 27.3 Å². The highest BCUT2D eigenvalue weighted by atomic mass is 79.9. The van der Waals surface area contributed by atoms with Crippen molar-refractivity contribution in [2.75, 3.05) is 0 Å². The van der Waals surface area contributed by atoms with Crippen LogP contribution in [0.1, 0.15) is 23.6 Å². The Kier molecular flexibility index (Phi) is 4.17. The van der Waals surface area contributed by atoms with E-state index in [2.05, 4.69) is 38.2 Å². The van der Waals surface area contributed by atoms with Crippen LogP contribution in [0.4, 0.5) is 0 Å². The van der Waals surface area contributed by atoms with Gasteiger partial charge in [0.1, 0.15) is 0 Å². The van der Waals surface area contributed by atoms with Gasteiger partial charge in [0.05, 0.1) is 12.3 Å². The summed E-state index contributed by atoms with van der Waals surface area (Å²) < 4.78 is 5.96. The molecular formula is C11H13BrN2OS. The fourth-order valence-electron chi connectivity index (χ4n) is 1.63. The van der Waals surface area contributed by atoms with Crippen LogP contribution in [0.5, 0.6) is 0 Å². The molecule has 2 heterocycles. The molecule has 0 aromatic carbocycles. The Hall–Kier alpha value is -0.620. The number of thiophene rings is 1. The van der Waals surface area contributed by atoms with Crippen molar-refractivity contribution in [2.24, 2.45) is 5.84 Å². The molecule has 0 aliphatic rings. The Morgan fingerprint density at radius 3 is 2.94 bits per heavy atom. The van der Waals surface area contributed by atoms with E-state index in [9.17, 15) is 0 Å². The van der Waals surface area contributed by atoms with Gasteiger partial charge in [-0.1, -0.05) is 0 Å². The fraction of sp³-hybridized carbons (Fsp3) is 0.273. The van der Waals surface area contributed by atoms with Crippen LogP contribution in [-0.2, 0) is 6.42 Å². The lowest BCUT2D eigenvalue weighted by Crippen LogP contribution is -2.28. The topological polar surface area (TPSA) is 51.2 Å². The van der Waals surface area contributed by atoms with E-state index in [1.165, 1.54) is 5.56 Å². The zero-order valence-corrected chi connectivity index (χ0v) is 11.1. The Morgan fingerprint density at radius 1 is 1.50 bits per heavy atom. The van der Waals surface area contributed by atoms with Crippen LogP contribution in [0.25, 0.3) is 0 Å². The second-order valence-electron chi connectivity index (χ2n) is 3.54. The van der Waals surface area contributed by atoms with Gasteiger partial charge in [0.2, 0.25) is 0 Å². The zero-order valence-electron chi connectivity index (χ0n) is 8.65. The Bertz CT molecular complexity index is 427. The van der Waals surface area contributed by atoms with Gasteiger partial charge in [-0.3, -0.25) is 11.3 Å². The standard InChI is InChI=1S/C11H13BrN2OS/c12-11-9(3-5-15-11)10(14-13)2-1-8-4-6-16-7-8/h3-7,10,14H,1-2,13H2. The van der Waals surface area contributed by atoms with Crippen molar-refractivity contribution in [1.29, 1.82) is 0 Å². The molecule has 0 saturated carbocycles. The summed E-state index contributed by atoms with van der Waals surface area (Å²) in [6, 6.07) is 4.19. The summed E-state index contributed by atoms with van der Waals surface area (Å²) in [5.74, 6) is 5.56. The predicted molar refractivity (Wildman–Crippen MR) is 69.1 cm³/mol. The van der Waals surface area contributed by atoms with Crippen LogP contribution >= 0.6 is 27.3 Å². The predicted octanol–water partition coefficient (Wildman–Crippen LogP) is 3.24. The molecule has 0 bridgehead atoms. The zero-order chi connectivity index (χ0) is 11.4. The quantitative estimate of drug-likeness (QED) is 0.658. The second kappa shape index (κ2) is 5.63. The molecule has 0 saturated heterocycles. The van der Waals surface area contributed by atoms with Crippen molar-refractivity contribution in [3.63, 3.8) is 0 Å². The van der Waals surface area contributed by atoms with E-state index in [0.29, 0.717) is 0 Å². The lowest BCUT2D eigenvalue weighted by molar-refractivity contribution is 0.489. The van der Waals surface area contributed by atoms with E-state index in [0.717, 1.165) is 23.1 Å². The number of hydrogen-bond donors (Lipinski definition) is 2. The summed E-state index contributed by atoms with van der Waals surface area (Å²) in [5, 5.41) is 4.26. The minimum Gasteiger partial charge on any atom is -0.457 e. The number of nitrogens with one attached hydrogen (secondary N) is 1. The van der Waals surface area contributed by atoms with Gasteiger partial charge in [-0.15, -0.1) is 0 Å². The molecule has 0 aliphatic carbocycles. The smallest absolute Gasteiger partial charge is 0.173 e. The Morgan fingerprint density at radius 2 is 2.38 bits per heavy atom. The van der Waals surface area contributed by atoms with Crippen LogP contribution < -0.4 is 11.3 Å². The van der Waals surface area contributed by atoms with E-state index in [1.54, 1.807) is 17.6 Å². The molecule has 1 atom stereocenters. The van der Waals surface area contributed by atoms with Crippen LogP contribution in [0.2, 0.25) is 0 Å². The average molecular weight is 301 g/mol. The van der Waals surface area contributed by atoms with Crippen LogP contribution in [0.15, 0.2) is 38.2 Å². The van der Waals surface area contributed by atoms with E-state index in [4.69, 9.17) is 10.3 Å². The highest BCUT2D eigenvalue weighted by Gasteiger charge is 2.15. The molecule has 2 aromatic heterocycles. The SMILES string of the molecule is NNC(CCc1ccsc1)c1ccoc1Br. The van der Waals surface area contributed by atoms with E-state index < -0.39 is 0 Å². The highest BCUT2D eigenvalue weighted by molar-refractivity contribution is 9.10. The summed E-state index contributed by atoms with van der Waals surface area (Å²) in [5.41, 5.74) is 5.24. The van der Waals surface area contributed by atoms with Gasteiger partial charge in [0.15, 0.2) is 4.67 Å². The first-order valence-electron chi connectivity index (χ1n) is 5.01. The molecule has 0 fully saturated rings. The highest BCUT2D eigenvalue weighted by Crippen LogP contribution is 2.27. The van der Waals surface area contributed by atoms with Crippen molar-refractivity contribution in [3.05, 3.63) is 45.0 Å². The second-order valence-corrected chi connectivity index (χ2v) is 5.04. The number of furan rings is 1. The van der Waals surface area contributed by atoms with Gasteiger partial charge >= 0.3 is 0 Å². The lowest BCUT2D eigenvalue weighted by Gasteiger charge is -2.14. The summed E-state index contributed by atoms with van der Waals surface area (Å²) >= 11 is 5.09. The number of hydrazine groups is 1. The maximum Gasteiger partial charge on any atom is 0.173 e. The molecule has 3 nitrogen and oxygen atoms in total. The molecule has 0 amide bonds. The first-order chi connectivity index (χ1) is 7.81. The number of halogens is 1. The molecule has 0 radical (unpaired) electrons. The normalized spacial score (nSPS) is 12.9. The van der Waals surface area contributed by atoms with Crippen LogP contribution in [0.3, 0.4) is 0 Å². The average Bonchev–Trinajstić information content (AvgIpc) is 2.92. The molecule has 0 spiro atoms. The van der Waals surface area contributed by atoms with Crippen molar-refractivity contribution in [3.8, 4) is 0 Å². The van der Waals surface area contributed by atoms with Gasteiger partial charge in [0, 0.05) is 5.56 Å². The van der Waals surface area contributed by atoms with Crippen molar-refractivity contribution in [2.45, 2.75) is 18.9 Å². The summed E-state index contributed by atoms with van der Waals surface area (Å²) in [4.78, 5) is 0. The molecule has 2 aromatic rings. The monoisotopic (exact) mass is 300 g/mol. The third-order valence-electron chi connectivity index (χ3n) is 2.52. The summed E-state index contributed by atoms with van der Waals surface area (Å²) in [6.07, 6.45) is 3.62. The number of aryl methyl sites for hydroxylation is 1. The number of rotatable bonds is 5. The van der Waals surface area contributed by atoms with E-state index >= 15 is 0 Å². The summed E-state index contributed by atoms with van der Waals surface area (Å²) in [7, 11) is 0. The Balaban J connectivity index is 1.99. The van der Waals surface area contributed by atoms with Gasteiger partial charge in [0.25, 0.3) is 0 Å². The lowest BCUT2D eigenvalue weighted by atomic mass is 10.0. The van der Waals surface area contributed by atoms with E-state index in [1.807, 2.05) is 6.07 Å². The molecule has 2 rings (SSSR count). The largest absolute Gasteiger partial charge is 0.457 e. The first-order valence-corrected chi connectivity index (χ1v) is 6.75. The van der Waals surface area contributed by atoms with Crippen LogP contribution in [0, 0.1) is 0 Å². The molecule has 0 aliphatic heterocycles. The van der Waals surface area contributed by atoms with Gasteiger partial charge in [-0.25, -0.2) is 0 Å². The maximum absolute atomic E-state index is 5.56. The molecule has 3 N–H and O–H groups in total. The van der Waals surface area contributed by atoms with E-state index in [-0.39, 0.29) is 6.04 Å². The van der Waals surface area contributed by atoms with Crippen molar-refractivity contribution < 1.29 is 4.42 Å².